The van der Waals surface area contributed by atoms with Gasteiger partial charge in [0.1, 0.15) is 11.3 Å². The zero-order chi connectivity index (χ0) is 24.6. The van der Waals surface area contributed by atoms with Crippen LogP contribution in [0.5, 0.6) is 0 Å². The monoisotopic (exact) mass is 478 g/mol. The lowest BCUT2D eigenvalue weighted by atomic mass is 9.70. The van der Waals surface area contributed by atoms with Crippen molar-refractivity contribution in [1.29, 1.82) is 0 Å². The van der Waals surface area contributed by atoms with Crippen LogP contribution in [0, 0.1) is 5.92 Å². The standard InChI is InChI=1S/C31H30N2O3/c1-5-31-14-16(2)28(35-4)30(3,36-31)26-18-11-7-6-10-17(18)22-20-15-32-29(34)24(20)23-19-12-8-9-13-21(19)33(31)27(23)25(22)26/h6-13,16,26,28H,5,14-15H2,1-4H3,(H,32,34)/t16-,26?,28-,30-,31+/m0/s1. The number of aromatic nitrogens is 1. The molecule has 1 aromatic heterocycles. The summed E-state index contributed by atoms with van der Waals surface area (Å²) >= 11 is 0. The normalized spacial score (nSPS) is 31.4. The number of hydrogen-bond acceptors (Lipinski definition) is 3. The molecule has 1 N–H and O–H groups in total. The second-order valence-electron chi connectivity index (χ2n) is 11.3. The predicted molar refractivity (Wildman–Crippen MR) is 140 cm³/mol. The number of fused-ring (bicyclic) bond motifs is 13. The molecule has 2 bridgehead atoms. The Morgan fingerprint density at radius 1 is 1.14 bits per heavy atom. The minimum absolute atomic E-state index is 0.0105. The van der Waals surface area contributed by atoms with Crippen molar-refractivity contribution in [2.75, 3.05) is 7.11 Å². The number of ether oxygens (including phenoxy) is 2. The highest BCUT2D eigenvalue weighted by molar-refractivity contribution is 6.23. The number of para-hydroxylation sites is 1. The SMILES string of the molecule is CC[C@]12C[C@H](C)[C@H](OC)[C@@](C)(O1)C1c3ccccc3-c3c4c(c5c6ccccc6n2c5c31)C(=O)NC4. The Kier molecular flexibility index (Phi) is 3.84. The molecule has 4 aliphatic rings. The van der Waals surface area contributed by atoms with Gasteiger partial charge in [0, 0.05) is 36.8 Å². The highest BCUT2D eigenvalue weighted by Gasteiger charge is 2.61. The zero-order valence-electron chi connectivity index (χ0n) is 21.1. The third-order valence-electron chi connectivity index (χ3n) is 9.65. The van der Waals surface area contributed by atoms with Crippen LogP contribution in [0.2, 0.25) is 0 Å². The number of hydrogen-bond donors (Lipinski definition) is 1. The number of benzene rings is 3. The predicted octanol–water partition coefficient (Wildman–Crippen LogP) is 6.06. The van der Waals surface area contributed by atoms with Gasteiger partial charge in [-0.3, -0.25) is 4.79 Å². The van der Waals surface area contributed by atoms with Gasteiger partial charge in [-0.2, -0.15) is 0 Å². The molecule has 0 spiro atoms. The van der Waals surface area contributed by atoms with Gasteiger partial charge < -0.3 is 19.4 Å². The van der Waals surface area contributed by atoms with Crippen molar-refractivity contribution in [1.82, 2.24) is 9.88 Å². The lowest BCUT2D eigenvalue weighted by Crippen LogP contribution is -2.60. The van der Waals surface area contributed by atoms with Crippen molar-refractivity contribution >= 4 is 27.7 Å². The number of methoxy groups -OCH3 is 1. The van der Waals surface area contributed by atoms with Gasteiger partial charge in [0.25, 0.3) is 5.91 Å². The fourth-order valence-corrected chi connectivity index (χ4v) is 8.61. The smallest absolute Gasteiger partial charge is 0.252 e. The summed E-state index contributed by atoms with van der Waals surface area (Å²) in [5.74, 6) is 0.339. The van der Waals surface area contributed by atoms with Crippen molar-refractivity contribution in [3.63, 3.8) is 0 Å². The van der Waals surface area contributed by atoms with E-state index in [-0.39, 0.29) is 17.9 Å². The highest BCUT2D eigenvalue weighted by Crippen LogP contribution is 2.64. The van der Waals surface area contributed by atoms with E-state index in [9.17, 15) is 4.79 Å². The van der Waals surface area contributed by atoms with Gasteiger partial charge in [-0.05, 0) is 53.1 Å². The second kappa shape index (κ2) is 6.58. The van der Waals surface area contributed by atoms with Crippen LogP contribution in [0.1, 0.15) is 66.6 Å². The molecular formula is C31H30N2O3. The number of carbonyl (C=O) groups excluding carboxylic acids is 1. The van der Waals surface area contributed by atoms with Gasteiger partial charge in [0.2, 0.25) is 0 Å². The molecule has 1 unspecified atom stereocenters. The molecular weight excluding hydrogens is 448 g/mol. The van der Waals surface area contributed by atoms with E-state index < -0.39 is 11.3 Å². The fourth-order valence-electron chi connectivity index (χ4n) is 8.61. The molecule has 4 aromatic rings. The van der Waals surface area contributed by atoms with Gasteiger partial charge in [-0.1, -0.05) is 56.3 Å². The number of carbonyl (C=O) groups is 1. The highest BCUT2D eigenvalue weighted by atomic mass is 16.6. The molecule has 5 atom stereocenters. The van der Waals surface area contributed by atoms with Crippen LogP contribution < -0.4 is 5.32 Å². The Morgan fingerprint density at radius 2 is 1.92 bits per heavy atom. The average molecular weight is 479 g/mol. The van der Waals surface area contributed by atoms with Crippen LogP contribution in [-0.2, 0) is 21.7 Å². The Hall–Kier alpha value is -3.15. The summed E-state index contributed by atoms with van der Waals surface area (Å²) < 4.78 is 16.2. The molecule has 1 saturated heterocycles. The molecule has 1 amide bonds. The van der Waals surface area contributed by atoms with Gasteiger partial charge in [-0.25, -0.2) is 0 Å². The number of rotatable bonds is 2. The van der Waals surface area contributed by atoms with E-state index in [0.29, 0.717) is 12.5 Å². The van der Waals surface area contributed by atoms with Crippen molar-refractivity contribution < 1.29 is 14.3 Å². The van der Waals surface area contributed by atoms with E-state index in [2.05, 4.69) is 79.2 Å². The molecule has 36 heavy (non-hydrogen) atoms. The number of nitrogens with zero attached hydrogens (tertiary/aromatic N) is 1. The third-order valence-corrected chi connectivity index (χ3v) is 9.65. The average Bonchev–Trinajstić information content (AvgIpc) is 3.52. The topological polar surface area (TPSA) is 52.5 Å². The second-order valence-corrected chi connectivity index (χ2v) is 11.3. The molecule has 3 aliphatic heterocycles. The van der Waals surface area contributed by atoms with Gasteiger partial charge in [0.15, 0.2) is 0 Å². The van der Waals surface area contributed by atoms with E-state index in [4.69, 9.17) is 9.47 Å². The fraction of sp³-hybridized carbons (Fsp3) is 0.387. The van der Waals surface area contributed by atoms with Crippen molar-refractivity contribution in [3.8, 4) is 11.1 Å². The van der Waals surface area contributed by atoms with E-state index in [1.807, 2.05) is 7.11 Å². The summed E-state index contributed by atoms with van der Waals surface area (Å²) in [7, 11) is 1.83. The van der Waals surface area contributed by atoms with Crippen molar-refractivity contribution in [3.05, 3.63) is 70.8 Å². The maximum absolute atomic E-state index is 13.4. The quantitative estimate of drug-likeness (QED) is 0.381. The molecule has 5 nitrogen and oxygen atoms in total. The van der Waals surface area contributed by atoms with E-state index >= 15 is 0 Å². The van der Waals surface area contributed by atoms with Gasteiger partial charge in [0.05, 0.1) is 22.7 Å². The lowest BCUT2D eigenvalue weighted by molar-refractivity contribution is -0.285. The molecule has 5 heteroatoms. The summed E-state index contributed by atoms with van der Waals surface area (Å²) in [6.07, 6.45) is 1.64. The molecule has 8 rings (SSSR count). The largest absolute Gasteiger partial charge is 0.378 e. The summed E-state index contributed by atoms with van der Waals surface area (Å²) in [5.41, 5.74) is 8.26. The maximum Gasteiger partial charge on any atom is 0.252 e. The van der Waals surface area contributed by atoms with Crippen LogP contribution in [0.3, 0.4) is 0 Å². The molecule has 1 fully saturated rings. The number of nitrogens with one attached hydrogen (secondary N) is 1. The Bertz CT molecular complexity index is 1650. The first-order valence-corrected chi connectivity index (χ1v) is 13.2. The minimum atomic E-state index is -0.568. The van der Waals surface area contributed by atoms with Crippen LogP contribution in [0.4, 0.5) is 0 Å². The first-order chi connectivity index (χ1) is 17.4. The lowest BCUT2D eigenvalue weighted by Gasteiger charge is -2.54. The van der Waals surface area contributed by atoms with E-state index in [1.165, 1.54) is 27.8 Å². The Labute approximate surface area is 210 Å². The summed E-state index contributed by atoms with van der Waals surface area (Å²) in [6, 6.07) is 17.3. The molecule has 4 heterocycles. The number of amides is 1. The van der Waals surface area contributed by atoms with E-state index in [0.717, 1.165) is 40.3 Å². The maximum atomic E-state index is 13.4. The summed E-state index contributed by atoms with van der Waals surface area (Å²) in [6.45, 7) is 7.39. The Morgan fingerprint density at radius 3 is 2.72 bits per heavy atom. The first kappa shape index (κ1) is 21.0. The van der Waals surface area contributed by atoms with Gasteiger partial charge in [-0.15, -0.1) is 0 Å². The van der Waals surface area contributed by atoms with Crippen LogP contribution in [0.15, 0.2) is 48.5 Å². The van der Waals surface area contributed by atoms with Crippen LogP contribution in [0.25, 0.3) is 32.9 Å². The third kappa shape index (κ3) is 2.12. The van der Waals surface area contributed by atoms with Crippen molar-refractivity contribution in [2.45, 2.75) is 63.5 Å². The zero-order valence-corrected chi connectivity index (χ0v) is 21.1. The summed E-state index contributed by atoms with van der Waals surface area (Å²) in [5, 5.41) is 5.39. The molecule has 1 aliphatic carbocycles. The molecule has 0 saturated carbocycles. The van der Waals surface area contributed by atoms with Crippen LogP contribution in [-0.4, -0.2) is 29.3 Å². The summed E-state index contributed by atoms with van der Waals surface area (Å²) in [4.78, 5) is 13.4. The van der Waals surface area contributed by atoms with Crippen molar-refractivity contribution in [2.24, 2.45) is 5.92 Å². The minimum Gasteiger partial charge on any atom is -0.378 e. The van der Waals surface area contributed by atoms with Crippen LogP contribution >= 0.6 is 0 Å². The van der Waals surface area contributed by atoms with E-state index in [1.54, 1.807) is 0 Å². The van der Waals surface area contributed by atoms with Gasteiger partial charge >= 0.3 is 0 Å². The molecule has 0 radical (unpaired) electrons. The molecule has 3 aromatic carbocycles. The Balaban J connectivity index is 1.68. The first-order valence-electron chi connectivity index (χ1n) is 13.2. The molecule has 182 valence electrons.